The van der Waals surface area contributed by atoms with Gasteiger partial charge < -0.3 is 14.6 Å². The van der Waals surface area contributed by atoms with Crippen LogP contribution < -0.4 is 5.32 Å². The van der Waals surface area contributed by atoms with Crippen molar-refractivity contribution < 1.29 is 9.21 Å². The standard InChI is InChI=1S/C17H24N4O2/c1-13-6-7-16(23-13)14-12-15(20-19-14)17(22)18-8-11-21-9-4-2-3-5-10-21/h6-7,12H,2-5,8-11H2,1H3,(H,18,22)(H,19,20). The number of hydrogen-bond donors (Lipinski definition) is 2. The Morgan fingerprint density at radius 1 is 1.30 bits per heavy atom. The third-order valence-electron chi connectivity index (χ3n) is 4.23. The van der Waals surface area contributed by atoms with Crippen LogP contribution in [0.3, 0.4) is 0 Å². The maximum Gasteiger partial charge on any atom is 0.271 e. The maximum atomic E-state index is 12.2. The first kappa shape index (κ1) is 15.8. The fourth-order valence-corrected chi connectivity index (χ4v) is 2.92. The monoisotopic (exact) mass is 316 g/mol. The van der Waals surface area contributed by atoms with Gasteiger partial charge in [-0.25, -0.2) is 0 Å². The highest BCUT2D eigenvalue weighted by molar-refractivity contribution is 5.93. The van der Waals surface area contributed by atoms with Crippen molar-refractivity contribution in [2.45, 2.75) is 32.6 Å². The van der Waals surface area contributed by atoms with Crippen LogP contribution >= 0.6 is 0 Å². The molecule has 1 aliphatic heterocycles. The van der Waals surface area contributed by atoms with Crippen LogP contribution in [-0.2, 0) is 0 Å². The molecule has 0 aromatic carbocycles. The van der Waals surface area contributed by atoms with Gasteiger partial charge in [-0.3, -0.25) is 9.89 Å². The van der Waals surface area contributed by atoms with Crippen molar-refractivity contribution in [3.63, 3.8) is 0 Å². The molecule has 3 rings (SSSR count). The minimum atomic E-state index is -0.148. The molecule has 0 saturated carbocycles. The van der Waals surface area contributed by atoms with Gasteiger partial charge in [0.05, 0.1) is 0 Å². The fraction of sp³-hybridized carbons (Fsp3) is 0.529. The Bertz CT molecular complexity index is 639. The molecular formula is C17H24N4O2. The van der Waals surface area contributed by atoms with Crippen LogP contribution in [0.25, 0.3) is 11.5 Å². The Labute approximate surface area is 136 Å². The molecule has 23 heavy (non-hydrogen) atoms. The molecule has 0 spiro atoms. The van der Waals surface area contributed by atoms with Crippen LogP contribution in [0.2, 0.25) is 0 Å². The smallest absolute Gasteiger partial charge is 0.271 e. The van der Waals surface area contributed by atoms with Crippen molar-refractivity contribution in [2.24, 2.45) is 0 Å². The molecule has 2 aromatic heterocycles. The van der Waals surface area contributed by atoms with E-state index in [-0.39, 0.29) is 5.91 Å². The lowest BCUT2D eigenvalue weighted by molar-refractivity contribution is 0.0943. The Kier molecular flexibility index (Phi) is 5.12. The number of hydrogen-bond acceptors (Lipinski definition) is 4. The molecule has 6 nitrogen and oxygen atoms in total. The second-order valence-electron chi connectivity index (χ2n) is 6.09. The zero-order chi connectivity index (χ0) is 16.1. The molecule has 0 atom stereocenters. The molecule has 0 aliphatic carbocycles. The van der Waals surface area contributed by atoms with Gasteiger partial charge in [-0.2, -0.15) is 5.10 Å². The van der Waals surface area contributed by atoms with Crippen LogP contribution in [0.5, 0.6) is 0 Å². The van der Waals surface area contributed by atoms with E-state index in [1.807, 2.05) is 19.1 Å². The molecule has 2 N–H and O–H groups in total. The third kappa shape index (κ3) is 4.22. The Morgan fingerprint density at radius 2 is 2.09 bits per heavy atom. The number of H-pyrrole nitrogens is 1. The molecule has 1 amide bonds. The number of likely N-dealkylation sites (tertiary alicyclic amines) is 1. The van der Waals surface area contributed by atoms with Gasteiger partial charge in [0.15, 0.2) is 11.5 Å². The summed E-state index contributed by atoms with van der Waals surface area (Å²) in [6, 6.07) is 5.47. The van der Waals surface area contributed by atoms with Crippen molar-refractivity contribution in [1.29, 1.82) is 0 Å². The molecule has 6 heteroatoms. The van der Waals surface area contributed by atoms with Crippen molar-refractivity contribution in [3.8, 4) is 11.5 Å². The van der Waals surface area contributed by atoms with Gasteiger partial charge in [0.1, 0.15) is 11.5 Å². The molecular weight excluding hydrogens is 292 g/mol. The summed E-state index contributed by atoms with van der Waals surface area (Å²) in [4.78, 5) is 14.6. The first-order valence-electron chi connectivity index (χ1n) is 8.35. The minimum Gasteiger partial charge on any atom is -0.460 e. The number of aromatic amines is 1. The number of carbonyl (C=O) groups is 1. The molecule has 0 unspecified atom stereocenters. The number of aromatic nitrogens is 2. The maximum absolute atomic E-state index is 12.2. The summed E-state index contributed by atoms with van der Waals surface area (Å²) in [5.74, 6) is 1.38. The summed E-state index contributed by atoms with van der Waals surface area (Å²) in [5, 5.41) is 9.86. The van der Waals surface area contributed by atoms with E-state index in [9.17, 15) is 4.79 Å². The van der Waals surface area contributed by atoms with E-state index in [1.165, 1.54) is 25.7 Å². The molecule has 3 heterocycles. The molecule has 1 saturated heterocycles. The van der Waals surface area contributed by atoms with Crippen LogP contribution in [0.1, 0.15) is 41.9 Å². The highest BCUT2D eigenvalue weighted by Gasteiger charge is 2.14. The summed E-state index contributed by atoms with van der Waals surface area (Å²) >= 11 is 0. The summed E-state index contributed by atoms with van der Waals surface area (Å²) < 4.78 is 5.53. The Hall–Kier alpha value is -2.08. The van der Waals surface area contributed by atoms with Gasteiger partial charge in [-0.15, -0.1) is 0 Å². The lowest BCUT2D eigenvalue weighted by Crippen LogP contribution is -2.35. The van der Waals surface area contributed by atoms with E-state index < -0.39 is 0 Å². The molecule has 0 radical (unpaired) electrons. The first-order valence-corrected chi connectivity index (χ1v) is 8.35. The van der Waals surface area contributed by atoms with Gasteiger partial charge >= 0.3 is 0 Å². The highest BCUT2D eigenvalue weighted by Crippen LogP contribution is 2.20. The number of amides is 1. The van der Waals surface area contributed by atoms with Crippen LogP contribution in [-0.4, -0.2) is 47.2 Å². The van der Waals surface area contributed by atoms with Crippen molar-refractivity contribution in [2.75, 3.05) is 26.2 Å². The summed E-state index contributed by atoms with van der Waals surface area (Å²) in [6.45, 7) is 5.72. The highest BCUT2D eigenvalue weighted by atomic mass is 16.3. The minimum absolute atomic E-state index is 0.148. The van der Waals surface area contributed by atoms with Gasteiger partial charge in [0, 0.05) is 19.2 Å². The average molecular weight is 316 g/mol. The zero-order valence-corrected chi connectivity index (χ0v) is 13.6. The number of furan rings is 1. The molecule has 2 aromatic rings. The molecule has 0 bridgehead atoms. The SMILES string of the molecule is Cc1ccc(-c2cc(C(=O)NCCN3CCCCCC3)n[nH]2)o1. The van der Waals surface area contributed by atoms with Crippen molar-refractivity contribution in [3.05, 3.63) is 29.7 Å². The predicted molar refractivity (Wildman–Crippen MR) is 88.3 cm³/mol. The number of nitrogens with zero attached hydrogens (tertiary/aromatic N) is 2. The van der Waals surface area contributed by atoms with E-state index in [1.54, 1.807) is 6.07 Å². The molecule has 124 valence electrons. The van der Waals surface area contributed by atoms with Crippen molar-refractivity contribution in [1.82, 2.24) is 20.4 Å². The van der Waals surface area contributed by atoms with Crippen LogP contribution in [0.15, 0.2) is 22.6 Å². The summed E-state index contributed by atoms with van der Waals surface area (Å²) in [7, 11) is 0. The lowest BCUT2D eigenvalue weighted by Gasteiger charge is -2.19. The van der Waals surface area contributed by atoms with E-state index in [0.29, 0.717) is 18.0 Å². The van der Waals surface area contributed by atoms with Gasteiger partial charge in [-0.05, 0) is 45.0 Å². The predicted octanol–water partition coefficient (Wildman–Crippen LogP) is 2.58. The molecule has 1 aliphatic rings. The lowest BCUT2D eigenvalue weighted by atomic mass is 10.2. The normalized spacial score (nSPS) is 16.2. The number of carbonyl (C=O) groups excluding carboxylic acids is 1. The second kappa shape index (κ2) is 7.46. The third-order valence-corrected chi connectivity index (χ3v) is 4.23. The quantitative estimate of drug-likeness (QED) is 0.889. The van der Waals surface area contributed by atoms with Gasteiger partial charge in [-0.1, -0.05) is 12.8 Å². The van der Waals surface area contributed by atoms with Crippen LogP contribution in [0.4, 0.5) is 0 Å². The largest absolute Gasteiger partial charge is 0.460 e. The van der Waals surface area contributed by atoms with E-state index in [0.717, 1.165) is 31.1 Å². The number of aryl methyl sites for hydroxylation is 1. The fourth-order valence-electron chi connectivity index (χ4n) is 2.92. The Balaban J connectivity index is 1.49. The first-order chi connectivity index (χ1) is 11.2. The zero-order valence-electron chi connectivity index (χ0n) is 13.6. The average Bonchev–Trinajstić information content (AvgIpc) is 3.11. The van der Waals surface area contributed by atoms with E-state index in [2.05, 4.69) is 20.4 Å². The topological polar surface area (TPSA) is 74.2 Å². The van der Waals surface area contributed by atoms with Crippen LogP contribution in [0, 0.1) is 6.92 Å². The second-order valence-corrected chi connectivity index (χ2v) is 6.09. The van der Waals surface area contributed by atoms with Crippen molar-refractivity contribution >= 4 is 5.91 Å². The van der Waals surface area contributed by atoms with Gasteiger partial charge in [0.2, 0.25) is 0 Å². The summed E-state index contributed by atoms with van der Waals surface area (Å²) in [6.07, 6.45) is 5.18. The van der Waals surface area contributed by atoms with Gasteiger partial charge in [0.25, 0.3) is 5.91 Å². The Morgan fingerprint density at radius 3 is 2.78 bits per heavy atom. The molecule has 1 fully saturated rings. The van der Waals surface area contributed by atoms with E-state index >= 15 is 0 Å². The summed E-state index contributed by atoms with van der Waals surface area (Å²) in [5.41, 5.74) is 1.11. The van der Waals surface area contributed by atoms with E-state index in [4.69, 9.17) is 4.42 Å². The number of nitrogens with one attached hydrogen (secondary N) is 2. The number of rotatable bonds is 5.